The summed E-state index contributed by atoms with van der Waals surface area (Å²) in [6.45, 7) is 0. The number of benzene rings is 3. The fourth-order valence-electron chi connectivity index (χ4n) is 2.93. The molecule has 0 saturated heterocycles. The van der Waals surface area contributed by atoms with E-state index in [4.69, 9.17) is 0 Å². The van der Waals surface area contributed by atoms with Crippen LogP contribution in [0.5, 0.6) is 5.75 Å². The Labute approximate surface area is 136 Å². The highest BCUT2D eigenvalue weighted by Crippen LogP contribution is 2.29. The molecule has 2 N–H and O–H groups in total. The minimum atomic E-state index is 0.174. The number of hydrogen-bond acceptors (Lipinski definition) is 4. The van der Waals surface area contributed by atoms with Crippen molar-refractivity contribution >= 4 is 33.1 Å². The van der Waals surface area contributed by atoms with Gasteiger partial charge >= 0.3 is 0 Å². The average Bonchev–Trinajstić information content (AvgIpc) is 3.00. The second-order valence-corrected chi connectivity index (χ2v) is 5.68. The summed E-state index contributed by atoms with van der Waals surface area (Å²) in [6.07, 6.45) is 0. The SMILES string of the molecule is Oc1ccccc1-c1nc2cc3nc4ccccc4[nH]c3cc2n1. The summed E-state index contributed by atoms with van der Waals surface area (Å²) in [4.78, 5) is 17.2. The number of hydrogen-bond donors (Lipinski definition) is 2. The predicted molar refractivity (Wildman–Crippen MR) is 93.8 cm³/mol. The number of aromatic hydroxyl groups is 1. The number of aromatic nitrogens is 4. The molecule has 2 heterocycles. The summed E-state index contributed by atoms with van der Waals surface area (Å²) < 4.78 is 0. The fraction of sp³-hybridized carbons (Fsp3) is 0. The lowest BCUT2D eigenvalue weighted by atomic mass is 10.2. The van der Waals surface area contributed by atoms with Gasteiger partial charge < -0.3 is 10.1 Å². The highest BCUT2D eigenvalue weighted by Gasteiger charge is 2.12. The molecular formula is C19H12N4O. The molecule has 5 aromatic rings. The molecule has 5 nitrogen and oxygen atoms in total. The van der Waals surface area contributed by atoms with Crippen LogP contribution in [0.3, 0.4) is 0 Å². The van der Waals surface area contributed by atoms with Crippen LogP contribution in [0, 0.1) is 0 Å². The Hall–Kier alpha value is -3.47. The van der Waals surface area contributed by atoms with Crippen molar-refractivity contribution in [3.63, 3.8) is 0 Å². The summed E-state index contributed by atoms with van der Waals surface area (Å²) in [6, 6.07) is 18.8. The molecule has 0 aliphatic heterocycles. The first kappa shape index (κ1) is 13.0. The van der Waals surface area contributed by atoms with Crippen molar-refractivity contribution < 1.29 is 5.11 Å². The zero-order valence-electron chi connectivity index (χ0n) is 12.6. The summed E-state index contributed by atoms with van der Waals surface area (Å²) in [5.41, 5.74) is 5.79. The summed E-state index contributed by atoms with van der Waals surface area (Å²) in [5, 5.41) is 10.0. The van der Waals surface area contributed by atoms with Crippen molar-refractivity contribution in [1.82, 2.24) is 19.9 Å². The Morgan fingerprint density at radius 3 is 2.29 bits per heavy atom. The highest BCUT2D eigenvalue weighted by molar-refractivity contribution is 5.95. The summed E-state index contributed by atoms with van der Waals surface area (Å²) in [5.74, 6) is 0.691. The topological polar surface area (TPSA) is 74.7 Å². The maximum absolute atomic E-state index is 10.0. The number of para-hydroxylation sites is 3. The van der Waals surface area contributed by atoms with Gasteiger partial charge in [-0.05, 0) is 36.4 Å². The van der Waals surface area contributed by atoms with Gasteiger partial charge in [0.15, 0.2) is 5.82 Å². The molecule has 2 aromatic heterocycles. The first-order chi connectivity index (χ1) is 11.8. The lowest BCUT2D eigenvalue weighted by molar-refractivity contribution is 0.477. The second kappa shape index (κ2) is 4.76. The first-order valence-electron chi connectivity index (χ1n) is 7.62. The third-order valence-corrected chi connectivity index (χ3v) is 4.10. The van der Waals surface area contributed by atoms with Crippen LogP contribution in [0.15, 0.2) is 60.7 Å². The van der Waals surface area contributed by atoms with Crippen LogP contribution in [0.1, 0.15) is 0 Å². The fourth-order valence-corrected chi connectivity index (χ4v) is 2.93. The third kappa shape index (κ3) is 1.91. The van der Waals surface area contributed by atoms with Crippen LogP contribution >= 0.6 is 0 Å². The standard InChI is InChI=1S/C19H12N4O/c24-18-8-4-1-5-11(18)19-22-16-9-14-15(10-17(16)23-19)21-13-7-3-2-6-12(13)20-14/h1-10,20,24H. The molecule has 0 amide bonds. The van der Waals surface area contributed by atoms with Crippen LogP contribution in [-0.2, 0) is 0 Å². The van der Waals surface area contributed by atoms with Crippen LogP contribution in [0.2, 0.25) is 0 Å². The van der Waals surface area contributed by atoms with Gasteiger partial charge in [-0.2, -0.15) is 0 Å². The quantitative estimate of drug-likeness (QED) is 0.458. The number of phenolic OH excluding ortho intramolecular Hbond substituents is 1. The van der Waals surface area contributed by atoms with Crippen molar-refractivity contribution in [3.05, 3.63) is 60.7 Å². The number of aromatic amines is 1. The van der Waals surface area contributed by atoms with Crippen molar-refractivity contribution in [2.45, 2.75) is 0 Å². The van der Waals surface area contributed by atoms with Crippen LogP contribution in [-0.4, -0.2) is 25.0 Å². The molecule has 114 valence electrons. The first-order valence-corrected chi connectivity index (χ1v) is 7.62. The van der Waals surface area contributed by atoms with Gasteiger partial charge in [0, 0.05) is 0 Å². The maximum atomic E-state index is 10.0. The largest absolute Gasteiger partial charge is 0.507 e. The number of rotatable bonds is 1. The lowest BCUT2D eigenvalue weighted by Gasteiger charge is -2.01. The van der Waals surface area contributed by atoms with Gasteiger partial charge in [-0.3, -0.25) is 0 Å². The van der Waals surface area contributed by atoms with Crippen molar-refractivity contribution in [2.75, 3.05) is 0 Å². The Kier molecular flexibility index (Phi) is 2.58. The van der Waals surface area contributed by atoms with Gasteiger partial charge in [0.2, 0.25) is 0 Å². The van der Waals surface area contributed by atoms with E-state index in [1.165, 1.54) is 0 Å². The minimum Gasteiger partial charge on any atom is -0.507 e. The van der Waals surface area contributed by atoms with Crippen LogP contribution < -0.4 is 0 Å². The normalized spacial score (nSPS) is 11.5. The molecule has 3 aromatic carbocycles. The highest BCUT2D eigenvalue weighted by atomic mass is 16.3. The van der Waals surface area contributed by atoms with E-state index in [0.29, 0.717) is 11.4 Å². The minimum absolute atomic E-state index is 0.174. The van der Waals surface area contributed by atoms with Gasteiger partial charge in [-0.1, -0.05) is 24.3 Å². The lowest BCUT2D eigenvalue weighted by Crippen LogP contribution is -1.87. The second-order valence-electron chi connectivity index (χ2n) is 5.68. The average molecular weight is 312 g/mol. The molecule has 5 rings (SSSR count). The zero-order chi connectivity index (χ0) is 16.1. The number of fused-ring (bicyclic) bond motifs is 3. The number of imidazole rings is 1. The monoisotopic (exact) mass is 312 g/mol. The molecule has 5 heteroatoms. The molecule has 24 heavy (non-hydrogen) atoms. The maximum Gasteiger partial charge on any atom is 0.164 e. The summed E-state index contributed by atoms with van der Waals surface area (Å²) in [7, 11) is 0. The van der Waals surface area contributed by atoms with Crippen LogP contribution in [0.25, 0.3) is 44.5 Å². The summed E-state index contributed by atoms with van der Waals surface area (Å²) >= 11 is 0. The third-order valence-electron chi connectivity index (χ3n) is 4.10. The molecule has 0 atom stereocenters. The molecule has 0 aliphatic carbocycles. The van der Waals surface area contributed by atoms with E-state index in [2.05, 4.69) is 19.9 Å². The van der Waals surface area contributed by atoms with Gasteiger partial charge in [0.05, 0.1) is 38.7 Å². The number of H-pyrrole nitrogens is 1. The van der Waals surface area contributed by atoms with E-state index in [0.717, 1.165) is 33.1 Å². The molecule has 0 aliphatic rings. The smallest absolute Gasteiger partial charge is 0.164 e. The van der Waals surface area contributed by atoms with Crippen molar-refractivity contribution in [3.8, 4) is 17.1 Å². The van der Waals surface area contributed by atoms with Gasteiger partial charge in [0.1, 0.15) is 5.75 Å². The van der Waals surface area contributed by atoms with Crippen molar-refractivity contribution in [1.29, 1.82) is 0 Å². The van der Waals surface area contributed by atoms with E-state index >= 15 is 0 Å². The molecule has 0 bridgehead atoms. The Morgan fingerprint density at radius 1 is 0.667 bits per heavy atom. The van der Waals surface area contributed by atoms with Crippen molar-refractivity contribution in [2.24, 2.45) is 0 Å². The van der Waals surface area contributed by atoms with Gasteiger partial charge in [0.25, 0.3) is 0 Å². The van der Waals surface area contributed by atoms with Gasteiger partial charge in [-0.25, -0.2) is 15.0 Å². The molecule has 0 spiro atoms. The van der Waals surface area contributed by atoms with E-state index in [-0.39, 0.29) is 5.75 Å². The molecule has 0 unspecified atom stereocenters. The number of nitrogens with zero attached hydrogens (tertiary/aromatic N) is 3. The predicted octanol–water partition coefficient (Wildman–Crippen LogP) is 4.03. The Bertz CT molecular complexity index is 1150. The molecule has 0 fully saturated rings. The number of phenols is 1. The number of nitrogens with one attached hydrogen (secondary N) is 1. The zero-order valence-corrected chi connectivity index (χ0v) is 12.6. The molecule has 0 radical (unpaired) electrons. The van der Waals surface area contributed by atoms with Gasteiger partial charge in [-0.15, -0.1) is 0 Å². The van der Waals surface area contributed by atoms with E-state index in [1.54, 1.807) is 12.1 Å². The van der Waals surface area contributed by atoms with Crippen LogP contribution in [0.4, 0.5) is 0 Å². The Morgan fingerprint density at radius 2 is 1.42 bits per heavy atom. The Balaban J connectivity index is 1.78. The molecule has 0 saturated carbocycles. The molecular weight excluding hydrogens is 300 g/mol. The van der Waals surface area contributed by atoms with E-state index in [9.17, 15) is 5.11 Å². The van der Waals surface area contributed by atoms with E-state index in [1.807, 2.05) is 48.5 Å². The van der Waals surface area contributed by atoms with E-state index < -0.39 is 0 Å².